The molecule has 17 heavy (non-hydrogen) atoms. The van der Waals surface area contributed by atoms with Gasteiger partial charge >= 0.3 is 0 Å². The minimum Gasteiger partial charge on any atom is -0.335 e. The third-order valence-electron chi connectivity index (χ3n) is 2.68. The van der Waals surface area contributed by atoms with Crippen LogP contribution in [0.1, 0.15) is 23.2 Å². The Bertz CT molecular complexity index is 414. The fourth-order valence-electron chi connectivity index (χ4n) is 1.77. The average Bonchev–Trinajstić information content (AvgIpc) is 3.07. The van der Waals surface area contributed by atoms with Crippen LogP contribution in [0.2, 0.25) is 10.0 Å². The number of benzene rings is 1. The van der Waals surface area contributed by atoms with Crippen LogP contribution in [0.25, 0.3) is 0 Å². The molecule has 0 bridgehead atoms. The predicted molar refractivity (Wildman–Crippen MR) is 74.3 cm³/mol. The molecule has 0 saturated heterocycles. The molecule has 0 N–H and O–H groups in total. The van der Waals surface area contributed by atoms with Crippen molar-refractivity contribution in [3.63, 3.8) is 0 Å². The molecular formula is C12H12BrCl2NO. The Morgan fingerprint density at radius 2 is 1.88 bits per heavy atom. The lowest BCUT2D eigenvalue weighted by atomic mass is 10.2. The molecule has 92 valence electrons. The molecule has 0 radical (unpaired) electrons. The van der Waals surface area contributed by atoms with Gasteiger partial charge in [-0.05, 0) is 31.0 Å². The van der Waals surface area contributed by atoms with Gasteiger partial charge in [-0.25, -0.2) is 0 Å². The molecule has 1 aromatic carbocycles. The van der Waals surface area contributed by atoms with Crippen molar-refractivity contribution in [1.29, 1.82) is 0 Å². The topological polar surface area (TPSA) is 20.3 Å². The lowest BCUT2D eigenvalue weighted by molar-refractivity contribution is 0.0754. The van der Waals surface area contributed by atoms with Crippen LogP contribution in [0.15, 0.2) is 18.2 Å². The number of amides is 1. The molecule has 2 nitrogen and oxygen atoms in total. The Hall–Kier alpha value is -0.250. The van der Waals surface area contributed by atoms with Crippen molar-refractivity contribution in [3.05, 3.63) is 33.8 Å². The highest BCUT2D eigenvalue weighted by molar-refractivity contribution is 9.09. The monoisotopic (exact) mass is 335 g/mol. The molecule has 0 spiro atoms. The summed E-state index contributed by atoms with van der Waals surface area (Å²) < 4.78 is 0. The summed E-state index contributed by atoms with van der Waals surface area (Å²) in [6.45, 7) is 0.716. The van der Waals surface area contributed by atoms with E-state index in [0.29, 0.717) is 28.2 Å². The van der Waals surface area contributed by atoms with Gasteiger partial charge < -0.3 is 4.90 Å². The highest BCUT2D eigenvalue weighted by Crippen LogP contribution is 2.29. The molecule has 0 aromatic heterocycles. The number of rotatable bonds is 4. The summed E-state index contributed by atoms with van der Waals surface area (Å²) in [6.07, 6.45) is 2.18. The second-order valence-electron chi connectivity index (χ2n) is 4.08. The summed E-state index contributed by atoms with van der Waals surface area (Å²) in [7, 11) is 0. The van der Waals surface area contributed by atoms with Gasteiger partial charge in [-0.1, -0.05) is 39.1 Å². The van der Waals surface area contributed by atoms with E-state index in [2.05, 4.69) is 15.9 Å². The molecule has 1 aromatic rings. The zero-order valence-electron chi connectivity index (χ0n) is 9.13. The summed E-state index contributed by atoms with van der Waals surface area (Å²) in [5.74, 6) is 0.0105. The minimum absolute atomic E-state index is 0.0105. The van der Waals surface area contributed by atoms with Gasteiger partial charge in [-0.3, -0.25) is 4.79 Å². The molecule has 1 saturated carbocycles. The minimum atomic E-state index is 0.0105. The Morgan fingerprint density at radius 3 is 2.35 bits per heavy atom. The van der Waals surface area contributed by atoms with E-state index in [4.69, 9.17) is 23.2 Å². The zero-order valence-corrected chi connectivity index (χ0v) is 12.2. The van der Waals surface area contributed by atoms with Gasteiger partial charge in [0.2, 0.25) is 0 Å². The number of carbonyl (C=O) groups is 1. The maximum absolute atomic E-state index is 12.3. The van der Waals surface area contributed by atoms with Crippen molar-refractivity contribution < 1.29 is 4.79 Å². The normalized spacial score (nSPS) is 14.8. The first-order chi connectivity index (χ1) is 8.11. The van der Waals surface area contributed by atoms with Crippen LogP contribution in [0.4, 0.5) is 0 Å². The molecule has 5 heteroatoms. The van der Waals surface area contributed by atoms with Crippen LogP contribution in [0.5, 0.6) is 0 Å². The maximum Gasteiger partial charge on any atom is 0.254 e. The van der Waals surface area contributed by atoms with Gasteiger partial charge in [-0.2, -0.15) is 0 Å². The van der Waals surface area contributed by atoms with Crippen molar-refractivity contribution in [2.75, 3.05) is 11.9 Å². The summed E-state index contributed by atoms with van der Waals surface area (Å²) in [4.78, 5) is 14.2. The van der Waals surface area contributed by atoms with Crippen molar-refractivity contribution >= 4 is 45.0 Å². The van der Waals surface area contributed by atoms with E-state index in [-0.39, 0.29) is 5.91 Å². The Kier molecular flexibility index (Phi) is 4.34. The van der Waals surface area contributed by atoms with Gasteiger partial charge in [0.25, 0.3) is 5.91 Å². The third kappa shape index (κ3) is 3.36. The van der Waals surface area contributed by atoms with Crippen molar-refractivity contribution in [2.45, 2.75) is 18.9 Å². The zero-order chi connectivity index (χ0) is 12.4. The van der Waals surface area contributed by atoms with E-state index < -0.39 is 0 Å². The highest BCUT2D eigenvalue weighted by Gasteiger charge is 2.32. The molecule has 2 rings (SSSR count). The van der Waals surface area contributed by atoms with Gasteiger partial charge in [0.1, 0.15) is 0 Å². The molecular weight excluding hydrogens is 325 g/mol. The Balaban J connectivity index is 2.21. The maximum atomic E-state index is 12.3. The number of nitrogens with zero attached hydrogens (tertiary/aromatic N) is 1. The number of hydrogen-bond donors (Lipinski definition) is 0. The van der Waals surface area contributed by atoms with Gasteiger partial charge in [-0.15, -0.1) is 0 Å². The quantitative estimate of drug-likeness (QED) is 0.761. The van der Waals surface area contributed by atoms with Crippen LogP contribution in [0.3, 0.4) is 0 Å². The molecule has 1 aliphatic rings. The smallest absolute Gasteiger partial charge is 0.254 e. The van der Waals surface area contributed by atoms with Crippen LogP contribution in [0, 0.1) is 0 Å². The van der Waals surface area contributed by atoms with Crippen LogP contribution in [-0.4, -0.2) is 28.7 Å². The first-order valence-electron chi connectivity index (χ1n) is 5.45. The predicted octanol–water partition coefficient (Wildman–Crippen LogP) is 3.99. The first kappa shape index (κ1) is 13.2. The fourth-order valence-corrected chi connectivity index (χ4v) is 2.68. The highest BCUT2D eigenvalue weighted by atomic mass is 79.9. The summed E-state index contributed by atoms with van der Waals surface area (Å²) in [5, 5.41) is 1.77. The molecule has 1 amide bonds. The second-order valence-corrected chi connectivity index (χ2v) is 5.74. The fraction of sp³-hybridized carbons (Fsp3) is 0.417. The van der Waals surface area contributed by atoms with Gasteiger partial charge in [0, 0.05) is 33.5 Å². The second kappa shape index (κ2) is 5.59. The van der Waals surface area contributed by atoms with Crippen molar-refractivity contribution in [1.82, 2.24) is 4.90 Å². The van der Waals surface area contributed by atoms with Crippen molar-refractivity contribution in [3.8, 4) is 0 Å². The van der Waals surface area contributed by atoms with E-state index >= 15 is 0 Å². The van der Waals surface area contributed by atoms with Crippen molar-refractivity contribution in [2.24, 2.45) is 0 Å². The van der Waals surface area contributed by atoms with Gasteiger partial charge in [0.05, 0.1) is 0 Å². The lowest BCUT2D eigenvalue weighted by Crippen LogP contribution is -2.34. The number of alkyl halides is 1. The Labute approximate surface area is 119 Å². The molecule has 0 atom stereocenters. The largest absolute Gasteiger partial charge is 0.335 e. The van der Waals surface area contributed by atoms with Crippen LogP contribution in [-0.2, 0) is 0 Å². The van der Waals surface area contributed by atoms with Crippen LogP contribution < -0.4 is 0 Å². The molecule has 1 fully saturated rings. The lowest BCUT2D eigenvalue weighted by Gasteiger charge is -2.21. The SMILES string of the molecule is O=C(c1cc(Cl)cc(Cl)c1)N(CCBr)C1CC1. The number of carbonyl (C=O) groups excluding carboxylic acids is 1. The number of hydrogen-bond acceptors (Lipinski definition) is 1. The summed E-state index contributed by atoms with van der Waals surface area (Å²) in [6, 6.07) is 5.35. The molecule has 0 aliphatic heterocycles. The molecule has 0 unspecified atom stereocenters. The van der Waals surface area contributed by atoms with E-state index in [1.54, 1.807) is 18.2 Å². The molecule has 1 aliphatic carbocycles. The summed E-state index contributed by atoms with van der Waals surface area (Å²) >= 11 is 15.2. The summed E-state index contributed by atoms with van der Waals surface area (Å²) in [5.41, 5.74) is 0.565. The van der Waals surface area contributed by atoms with E-state index in [9.17, 15) is 4.79 Å². The third-order valence-corrected chi connectivity index (χ3v) is 3.47. The Morgan fingerprint density at radius 1 is 1.29 bits per heavy atom. The molecule has 0 heterocycles. The van der Waals surface area contributed by atoms with Gasteiger partial charge in [0.15, 0.2) is 0 Å². The van der Waals surface area contributed by atoms with E-state index in [1.807, 2.05) is 4.90 Å². The first-order valence-corrected chi connectivity index (χ1v) is 7.32. The van der Waals surface area contributed by atoms with E-state index in [1.165, 1.54) is 0 Å². The van der Waals surface area contributed by atoms with E-state index in [0.717, 1.165) is 18.2 Å². The average molecular weight is 337 g/mol. The number of halogens is 3. The van der Waals surface area contributed by atoms with Crippen LogP contribution >= 0.6 is 39.1 Å². The standard InChI is InChI=1S/C12H12BrCl2NO/c13-3-4-16(11-1-2-11)12(17)8-5-9(14)7-10(15)6-8/h5-7,11H,1-4H2.